The predicted octanol–water partition coefficient (Wildman–Crippen LogP) is 1.54. The monoisotopic (exact) mass is 212 g/mol. The van der Waals surface area contributed by atoms with Crippen molar-refractivity contribution in [1.29, 1.82) is 0 Å². The molecule has 0 spiro atoms. The molecule has 3 nitrogen and oxygen atoms in total. The second-order valence-corrected chi connectivity index (χ2v) is 5.55. The van der Waals surface area contributed by atoms with Crippen molar-refractivity contribution in [2.75, 3.05) is 13.1 Å². The highest BCUT2D eigenvalue weighted by Crippen LogP contribution is 2.50. The fourth-order valence-electron chi connectivity index (χ4n) is 1.72. The molecule has 2 N–H and O–H groups in total. The van der Waals surface area contributed by atoms with Crippen LogP contribution >= 0.6 is 0 Å². The quantitative estimate of drug-likeness (QED) is 0.701. The largest absolute Gasteiger partial charge is 0.356 e. The van der Waals surface area contributed by atoms with Crippen LogP contribution in [0.1, 0.15) is 40.5 Å². The molecule has 0 aliphatic heterocycles. The maximum absolute atomic E-state index is 11.4. The number of nitrogens with one attached hydrogen (secondary N) is 2. The number of amides is 1. The summed E-state index contributed by atoms with van der Waals surface area (Å²) in [5.41, 5.74) is 0.462. The van der Waals surface area contributed by atoms with E-state index < -0.39 is 0 Å². The fraction of sp³-hybridized carbons (Fsp3) is 0.917. The standard InChI is InChI=1S/C12H24N2O/c1-9(2)13-6-5-11(15)14-8-10-7-12(10,3)4/h9-10,13H,5-8H2,1-4H3,(H,14,15). The van der Waals surface area contributed by atoms with E-state index in [4.69, 9.17) is 0 Å². The molecule has 0 heterocycles. The highest BCUT2D eigenvalue weighted by Gasteiger charge is 2.45. The minimum absolute atomic E-state index is 0.172. The Morgan fingerprint density at radius 3 is 2.53 bits per heavy atom. The van der Waals surface area contributed by atoms with Gasteiger partial charge in [-0.15, -0.1) is 0 Å². The Morgan fingerprint density at radius 1 is 1.47 bits per heavy atom. The fourth-order valence-corrected chi connectivity index (χ4v) is 1.72. The van der Waals surface area contributed by atoms with E-state index in [1.807, 2.05) is 0 Å². The van der Waals surface area contributed by atoms with Gasteiger partial charge in [-0.1, -0.05) is 27.7 Å². The molecule has 1 unspecified atom stereocenters. The summed E-state index contributed by atoms with van der Waals surface area (Å²) >= 11 is 0. The van der Waals surface area contributed by atoms with Gasteiger partial charge in [0.15, 0.2) is 0 Å². The van der Waals surface area contributed by atoms with E-state index in [2.05, 4.69) is 38.3 Å². The van der Waals surface area contributed by atoms with E-state index in [0.29, 0.717) is 23.8 Å². The van der Waals surface area contributed by atoms with Crippen LogP contribution in [0.15, 0.2) is 0 Å². The highest BCUT2D eigenvalue weighted by molar-refractivity contribution is 5.76. The summed E-state index contributed by atoms with van der Waals surface area (Å²) in [7, 11) is 0. The zero-order valence-electron chi connectivity index (χ0n) is 10.4. The highest BCUT2D eigenvalue weighted by atomic mass is 16.1. The van der Waals surface area contributed by atoms with Gasteiger partial charge in [-0.3, -0.25) is 4.79 Å². The lowest BCUT2D eigenvalue weighted by Crippen LogP contribution is -2.31. The topological polar surface area (TPSA) is 41.1 Å². The molecule has 0 aromatic rings. The van der Waals surface area contributed by atoms with Gasteiger partial charge in [0.1, 0.15) is 0 Å². The van der Waals surface area contributed by atoms with E-state index in [-0.39, 0.29) is 5.91 Å². The van der Waals surface area contributed by atoms with Gasteiger partial charge in [-0.25, -0.2) is 0 Å². The Morgan fingerprint density at radius 2 is 2.07 bits per heavy atom. The van der Waals surface area contributed by atoms with Crippen molar-refractivity contribution in [3.63, 3.8) is 0 Å². The lowest BCUT2D eigenvalue weighted by molar-refractivity contribution is -0.121. The molecule has 1 aliphatic carbocycles. The van der Waals surface area contributed by atoms with Crippen molar-refractivity contribution in [1.82, 2.24) is 10.6 Å². The lowest BCUT2D eigenvalue weighted by Gasteiger charge is -2.09. The summed E-state index contributed by atoms with van der Waals surface area (Å²) < 4.78 is 0. The molecule has 1 rings (SSSR count). The zero-order chi connectivity index (χ0) is 11.5. The zero-order valence-corrected chi connectivity index (χ0v) is 10.4. The maximum Gasteiger partial charge on any atom is 0.221 e. The molecule has 1 amide bonds. The van der Waals surface area contributed by atoms with E-state index in [0.717, 1.165) is 13.1 Å². The minimum Gasteiger partial charge on any atom is -0.356 e. The molecule has 0 aromatic carbocycles. The van der Waals surface area contributed by atoms with Crippen LogP contribution in [0, 0.1) is 11.3 Å². The lowest BCUT2D eigenvalue weighted by atomic mass is 10.1. The van der Waals surface area contributed by atoms with Crippen molar-refractivity contribution in [3.05, 3.63) is 0 Å². The van der Waals surface area contributed by atoms with Crippen LogP contribution in [0.4, 0.5) is 0 Å². The predicted molar refractivity (Wildman–Crippen MR) is 62.7 cm³/mol. The number of hydrogen-bond donors (Lipinski definition) is 2. The third kappa shape index (κ3) is 4.65. The third-order valence-electron chi connectivity index (χ3n) is 3.17. The molecule has 0 radical (unpaired) electrons. The maximum atomic E-state index is 11.4. The van der Waals surface area contributed by atoms with Gasteiger partial charge in [0.2, 0.25) is 5.91 Å². The summed E-state index contributed by atoms with van der Waals surface area (Å²) in [4.78, 5) is 11.4. The molecule has 88 valence electrons. The number of hydrogen-bond acceptors (Lipinski definition) is 2. The molecule has 0 aromatic heterocycles. The van der Waals surface area contributed by atoms with Gasteiger partial charge in [0, 0.05) is 25.6 Å². The Hall–Kier alpha value is -0.570. The van der Waals surface area contributed by atoms with Crippen LogP contribution < -0.4 is 10.6 Å². The first-order valence-electron chi connectivity index (χ1n) is 5.92. The van der Waals surface area contributed by atoms with Crippen LogP contribution in [0.5, 0.6) is 0 Å². The SMILES string of the molecule is CC(C)NCCC(=O)NCC1CC1(C)C. The molecular formula is C12H24N2O. The van der Waals surface area contributed by atoms with Crippen LogP contribution in [-0.2, 0) is 4.79 Å². The first-order valence-corrected chi connectivity index (χ1v) is 5.92. The van der Waals surface area contributed by atoms with Crippen molar-refractivity contribution in [2.24, 2.45) is 11.3 Å². The van der Waals surface area contributed by atoms with Gasteiger partial charge in [-0.2, -0.15) is 0 Å². The molecule has 1 atom stereocenters. The summed E-state index contributed by atoms with van der Waals surface area (Å²) in [6, 6.07) is 0.458. The molecular weight excluding hydrogens is 188 g/mol. The van der Waals surface area contributed by atoms with Crippen molar-refractivity contribution < 1.29 is 4.79 Å². The number of rotatable bonds is 6. The Kier molecular flexibility index (Phi) is 4.14. The normalized spacial score (nSPS) is 22.9. The first-order chi connectivity index (χ1) is 6.92. The van der Waals surface area contributed by atoms with Gasteiger partial charge in [0.25, 0.3) is 0 Å². The summed E-state index contributed by atoms with van der Waals surface area (Å²) in [6.07, 6.45) is 1.84. The van der Waals surface area contributed by atoms with Gasteiger partial charge in [0.05, 0.1) is 0 Å². The van der Waals surface area contributed by atoms with Crippen molar-refractivity contribution >= 4 is 5.91 Å². The molecule has 15 heavy (non-hydrogen) atoms. The molecule has 3 heteroatoms. The van der Waals surface area contributed by atoms with Crippen LogP contribution in [0.2, 0.25) is 0 Å². The molecule has 0 saturated heterocycles. The Balaban J connectivity index is 2.00. The third-order valence-corrected chi connectivity index (χ3v) is 3.17. The van der Waals surface area contributed by atoms with Crippen LogP contribution in [-0.4, -0.2) is 25.0 Å². The average molecular weight is 212 g/mol. The minimum atomic E-state index is 0.172. The number of carbonyl (C=O) groups excluding carboxylic acids is 1. The van der Waals surface area contributed by atoms with E-state index in [1.54, 1.807) is 0 Å². The summed E-state index contributed by atoms with van der Waals surface area (Å²) in [5, 5.41) is 6.23. The molecule has 1 aliphatic rings. The van der Waals surface area contributed by atoms with Crippen LogP contribution in [0.3, 0.4) is 0 Å². The number of carbonyl (C=O) groups is 1. The summed E-state index contributed by atoms with van der Waals surface area (Å²) in [5.74, 6) is 0.866. The molecule has 1 fully saturated rings. The average Bonchev–Trinajstić information content (AvgIpc) is 2.70. The van der Waals surface area contributed by atoms with Crippen molar-refractivity contribution in [2.45, 2.75) is 46.6 Å². The van der Waals surface area contributed by atoms with Crippen LogP contribution in [0.25, 0.3) is 0 Å². The second-order valence-electron chi connectivity index (χ2n) is 5.55. The summed E-state index contributed by atoms with van der Waals surface area (Å²) in [6.45, 7) is 10.3. The smallest absolute Gasteiger partial charge is 0.221 e. The van der Waals surface area contributed by atoms with E-state index in [9.17, 15) is 4.79 Å². The first kappa shape index (κ1) is 12.5. The van der Waals surface area contributed by atoms with Gasteiger partial charge in [-0.05, 0) is 17.8 Å². The molecule has 1 saturated carbocycles. The molecule has 0 bridgehead atoms. The Bertz CT molecular complexity index is 224. The van der Waals surface area contributed by atoms with Crippen molar-refractivity contribution in [3.8, 4) is 0 Å². The van der Waals surface area contributed by atoms with E-state index >= 15 is 0 Å². The van der Waals surface area contributed by atoms with Gasteiger partial charge < -0.3 is 10.6 Å². The second kappa shape index (κ2) is 4.97. The van der Waals surface area contributed by atoms with E-state index in [1.165, 1.54) is 6.42 Å². The van der Waals surface area contributed by atoms with Gasteiger partial charge >= 0.3 is 0 Å². The Labute approximate surface area is 93.0 Å².